The van der Waals surface area contributed by atoms with E-state index in [-0.39, 0.29) is 15.8 Å². The molecule has 0 spiro atoms. The average Bonchev–Trinajstić information content (AvgIpc) is 3.16. The Labute approximate surface area is 167 Å². The fourth-order valence-electron chi connectivity index (χ4n) is 2.93. The zero-order chi connectivity index (χ0) is 20.3. The molecule has 2 amide bonds. The fourth-order valence-corrected chi connectivity index (χ4v) is 4.21. The maximum Gasteiger partial charge on any atom is 0.319 e. The number of benzene rings is 2. The number of sulfone groups is 1. The number of carbonyl (C=O) groups excluding carboxylic acids is 1. The molecule has 8 heteroatoms. The van der Waals surface area contributed by atoms with Crippen molar-refractivity contribution in [3.05, 3.63) is 84.8 Å². The number of amides is 2. The summed E-state index contributed by atoms with van der Waals surface area (Å²) in [6.45, 7) is 0.320. The molecule has 0 bridgehead atoms. The molecule has 0 fully saturated rings. The van der Waals surface area contributed by atoms with Crippen LogP contribution in [0.1, 0.15) is 5.69 Å². The Morgan fingerprint density at radius 1 is 0.966 bits per heavy atom. The van der Waals surface area contributed by atoms with Crippen LogP contribution in [0, 0.1) is 0 Å². The molecule has 2 heterocycles. The summed E-state index contributed by atoms with van der Waals surface area (Å²) in [7, 11) is -3.58. The lowest BCUT2D eigenvalue weighted by Crippen LogP contribution is -2.28. The molecular formula is C21H18N4O3S. The van der Waals surface area contributed by atoms with Crippen LogP contribution < -0.4 is 10.6 Å². The number of H-pyrrole nitrogens is 1. The molecule has 146 valence electrons. The standard InChI is InChI=1S/C21H18N4O3S/c26-21(23-13-17-12-15-10-11-22-14-20(15)24-17)25-16-6-8-19(9-7-16)29(27,28)18-4-2-1-3-5-18/h1-12,14,24H,13H2,(H2,23,25,26). The van der Waals surface area contributed by atoms with Crippen molar-refractivity contribution in [2.24, 2.45) is 0 Å². The van der Waals surface area contributed by atoms with Gasteiger partial charge in [-0.1, -0.05) is 18.2 Å². The second-order valence-electron chi connectivity index (χ2n) is 6.41. The third kappa shape index (κ3) is 4.12. The number of fused-ring (bicyclic) bond motifs is 1. The molecule has 0 radical (unpaired) electrons. The highest BCUT2D eigenvalue weighted by Crippen LogP contribution is 2.22. The van der Waals surface area contributed by atoms with Gasteiger partial charge < -0.3 is 15.6 Å². The van der Waals surface area contributed by atoms with Crippen molar-refractivity contribution in [3.63, 3.8) is 0 Å². The Balaban J connectivity index is 1.39. The van der Waals surface area contributed by atoms with E-state index >= 15 is 0 Å². The van der Waals surface area contributed by atoms with Gasteiger partial charge in [0.05, 0.1) is 28.0 Å². The van der Waals surface area contributed by atoms with E-state index in [1.54, 1.807) is 54.9 Å². The lowest BCUT2D eigenvalue weighted by atomic mass is 10.3. The molecule has 4 rings (SSSR count). The summed E-state index contributed by atoms with van der Waals surface area (Å²) in [6, 6.07) is 17.7. The van der Waals surface area contributed by atoms with Crippen LogP contribution in [0.15, 0.2) is 88.9 Å². The van der Waals surface area contributed by atoms with Crippen LogP contribution >= 0.6 is 0 Å². The second-order valence-corrected chi connectivity index (χ2v) is 8.36. The molecule has 3 N–H and O–H groups in total. The molecule has 0 aliphatic rings. The minimum absolute atomic E-state index is 0.168. The number of hydrogen-bond acceptors (Lipinski definition) is 4. The number of urea groups is 1. The third-order valence-corrected chi connectivity index (χ3v) is 6.18. The smallest absolute Gasteiger partial charge is 0.319 e. The van der Waals surface area contributed by atoms with Crippen LogP contribution in [0.5, 0.6) is 0 Å². The van der Waals surface area contributed by atoms with Gasteiger partial charge in [-0.15, -0.1) is 0 Å². The van der Waals surface area contributed by atoms with E-state index in [0.717, 1.165) is 16.6 Å². The number of nitrogens with zero attached hydrogens (tertiary/aromatic N) is 1. The van der Waals surface area contributed by atoms with Crippen molar-refractivity contribution >= 4 is 32.5 Å². The predicted octanol–water partition coefficient (Wildman–Crippen LogP) is 3.72. The molecule has 7 nitrogen and oxygen atoms in total. The highest BCUT2D eigenvalue weighted by Gasteiger charge is 2.17. The monoisotopic (exact) mass is 406 g/mol. The Kier molecular flexibility index (Phi) is 5.01. The first-order valence-electron chi connectivity index (χ1n) is 8.89. The summed E-state index contributed by atoms with van der Waals surface area (Å²) in [5, 5.41) is 6.47. The van der Waals surface area contributed by atoms with E-state index in [2.05, 4.69) is 20.6 Å². The fraction of sp³-hybridized carbons (Fsp3) is 0.0476. The van der Waals surface area contributed by atoms with Crippen molar-refractivity contribution in [1.82, 2.24) is 15.3 Å². The largest absolute Gasteiger partial charge is 0.356 e. The molecule has 0 aliphatic carbocycles. The van der Waals surface area contributed by atoms with Gasteiger partial charge in [0.2, 0.25) is 9.84 Å². The van der Waals surface area contributed by atoms with Gasteiger partial charge in [0.1, 0.15) is 0 Å². The molecule has 0 saturated heterocycles. The van der Waals surface area contributed by atoms with Crippen LogP contribution in [0.4, 0.5) is 10.5 Å². The van der Waals surface area contributed by atoms with Crippen LogP contribution in [0.25, 0.3) is 10.9 Å². The minimum Gasteiger partial charge on any atom is -0.356 e. The first kappa shape index (κ1) is 18.7. The van der Waals surface area contributed by atoms with Gasteiger partial charge in [-0.3, -0.25) is 4.98 Å². The summed E-state index contributed by atoms with van der Waals surface area (Å²) in [4.78, 5) is 19.8. The maximum absolute atomic E-state index is 12.6. The maximum atomic E-state index is 12.6. The number of aromatic amines is 1. The van der Waals surface area contributed by atoms with Crippen molar-refractivity contribution in [3.8, 4) is 0 Å². The first-order chi connectivity index (χ1) is 14.0. The Morgan fingerprint density at radius 3 is 2.41 bits per heavy atom. The quantitative estimate of drug-likeness (QED) is 0.470. The van der Waals surface area contributed by atoms with E-state index in [0.29, 0.717) is 12.2 Å². The molecule has 0 unspecified atom stereocenters. The number of carbonyl (C=O) groups is 1. The SMILES string of the molecule is O=C(NCc1cc2ccncc2[nH]1)Nc1ccc(S(=O)(=O)c2ccccc2)cc1. The number of anilines is 1. The number of rotatable bonds is 5. The van der Waals surface area contributed by atoms with Gasteiger partial charge in [-0.05, 0) is 48.5 Å². The average molecular weight is 406 g/mol. The van der Waals surface area contributed by atoms with Gasteiger partial charge in [0.25, 0.3) is 0 Å². The Hall–Kier alpha value is -3.65. The van der Waals surface area contributed by atoms with Gasteiger partial charge in [0.15, 0.2) is 0 Å². The van der Waals surface area contributed by atoms with Crippen LogP contribution in [0.3, 0.4) is 0 Å². The van der Waals surface area contributed by atoms with Gasteiger partial charge in [0, 0.05) is 23.0 Å². The van der Waals surface area contributed by atoms with Crippen LogP contribution in [-0.2, 0) is 16.4 Å². The van der Waals surface area contributed by atoms with E-state index < -0.39 is 9.84 Å². The zero-order valence-corrected chi connectivity index (χ0v) is 16.1. The van der Waals surface area contributed by atoms with E-state index in [1.807, 2.05) is 12.1 Å². The van der Waals surface area contributed by atoms with Crippen molar-refractivity contribution in [2.75, 3.05) is 5.32 Å². The minimum atomic E-state index is -3.58. The van der Waals surface area contributed by atoms with E-state index in [1.165, 1.54) is 12.1 Å². The van der Waals surface area contributed by atoms with Crippen LogP contribution in [-0.4, -0.2) is 24.4 Å². The Morgan fingerprint density at radius 2 is 1.69 bits per heavy atom. The predicted molar refractivity (Wildman–Crippen MR) is 110 cm³/mol. The molecule has 4 aromatic rings. The highest BCUT2D eigenvalue weighted by molar-refractivity contribution is 7.91. The van der Waals surface area contributed by atoms with Gasteiger partial charge in [-0.25, -0.2) is 13.2 Å². The molecule has 0 saturated carbocycles. The zero-order valence-electron chi connectivity index (χ0n) is 15.3. The lowest BCUT2D eigenvalue weighted by Gasteiger charge is -2.08. The Bertz CT molecular complexity index is 1220. The van der Waals surface area contributed by atoms with Crippen molar-refractivity contribution in [2.45, 2.75) is 16.3 Å². The number of nitrogens with one attached hydrogen (secondary N) is 3. The number of pyridine rings is 1. The molecule has 2 aromatic heterocycles. The molecule has 2 aromatic carbocycles. The summed E-state index contributed by atoms with van der Waals surface area (Å²) in [5.74, 6) is 0. The molecular weight excluding hydrogens is 388 g/mol. The highest BCUT2D eigenvalue weighted by atomic mass is 32.2. The number of hydrogen-bond donors (Lipinski definition) is 3. The van der Waals surface area contributed by atoms with Gasteiger partial charge >= 0.3 is 6.03 Å². The topological polar surface area (TPSA) is 104 Å². The van der Waals surface area contributed by atoms with Crippen molar-refractivity contribution < 1.29 is 13.2 Å². The van der Waals surface area contributed by atoms with E-state index in [4.69, 9.17) is 0 Å². The van der Waals surface area contributed by atoms with E-state index in [9.17, 15) is 13.2 Å². The second kappa shape index (κ2) is 7.76. The lowest BCUT2D eigenvalue weighted by molar-refractivity contribution is 0.251. The number of aromatic nitrogens is 2. The van der Waals surface area contributed by atoms with Crippen molar-refractivity contribution in [1.29, 1.82) is 0 Å². The molecule has 0 aliphatic heterocycles. The molecule has 0 atom stereocenters. The summed E-state index contributed by atoms with van der Waals surface area (Å²) in [6.07, 6.45) is 3.44. The summed E-state index contributed by atoms with van der Waals surface area (Å²) in [5.41, 5.74) is 2.25. The normalized spacial score (nSPS) is 11.3. The van der Waals surface area contributed by atoms with Gasteiger partial charge in [-0.2, -0.15) is 0 Å². The molecule has 29 heavy (non-hydrogen) atoms. The third-order valence-electron chi connectivity index (χ3n) is 4.40. The summed E-state index contributed by atoms with van der Waals surface area (Å²) >= 11 is 0. The van der Waals surface area contributed by atoms with Crippen LogP contribution in [0.2, 0.25) is 0 Å². The first-order valence-corrected chi connectivity index (χ1v) is 10.4. The summed E-state index contributed by atoms with van der Waals surface area (Å²) < 4.78 is 25.2.